The molecule has 0 bridgehead atoms. The third-order valence-electron chi connectivity index (χ3n) is 5.06. The van der Waals surface area contributed by atoms with Crippen LogP contribution in [-0.2, 0) is 9.59 Å². The highest BCUT2D eigenvalue weighted by atomic mass is 16.2. The Morgan fingerprint density at radius 2 is 1.82 bits per heavy atom. The third kappa shape index (κ3) is 2.24. The first-order valence-corrected chi connectivity index (χ1v) is 6.78. The molecule has 1 saturated carbocycles. The van der Waals surface area contributed by atoms with Crippen molar-refractivity contribution in [3.05, 3.63) is 0 Å². The van der Waals surface area contributed by atoms with Crippen LogP contribution in [0.5, 0.6) is 0 Å². The van der Waals surface area contributed by atoms with Crippen LogP contribution in [-0.4, -0.2) is 11.8 Å². The Bertz CT molecular complexity index is 327. The summed E-state index contributed by atoms with van der Waals surface area (Å²) in [6.07, 6.45) is 4.96. The Balaban J connectivity index is 2.10. The average Bonchev–Trinajstić information content (AvgIpc) is 2.26. The minimum atomic E-state index is -0.0731. The fourth-order valence-corrected chi connectivity index (χ4v) is 3.53. The molecule has 2 fully saturated rings. The average molecular weight is 237 g/mol. The molecule has 2 amide bonds. The molecule has 3 heteroatoms. The van der Waals surface area contributed by atoms with Crippen LogP contribution in [0.1, 0.15) is 52.9 Å². The van der Waals surface area contributed by atoms with Gasteiger partial charge in [0, 0.05) is 12.3 Å². The zero-order valence-electron chi connectivity index (χ0n) is 11.1. The summed E-state index contributed by atoms with van der Waals surface area (Å²) in [4.78, 5) is 23.3. The second kappa shape index (κ2) is 4.43. The second-order valence-electron chi connectivity index (χ2n) is 6.25. The monoisotopic (exact) mass is 237 g/mol. The van der Waals surface area contributed by atoms with Crippen LogP contribution in [0, 0.1) is 23.2 Å². The van der Waals surface area contributed by atoms with Crippen LogP contribution in [0.4, 0.5) is 0 Å². The van der Waals surface area contributed by atoms with Gasteiger partial charge >= 0.3 is 0 Å². The Kier molecular flexibility index (Phi) is 3.28. The number of piperidine rings is 1. The minimum absolute atomic E-state index is 0.00619. The third-order valence-corrected chi connectivity index (χ3v) is 5.06. The Labute approximate surface area is 103 Å². The van der Waals surface area contributed by atoms with Crippen molar-refractivity contribution in [2.24, 2.45) is 23.2 Å². The molecule has 1 unspecified atom stereocenters. The molecule has 0 radical (unpaired) electrons. The van der Waals surface area contributed by atoms with E-state index in [9.17, 15) is 9.59 Å². The fourth-order valence-electron chi connectivity index (χ4n) is 3.53. The molecule has 17 heavy (non-hydrogen) atoms. The van der Waals surface area contributed by atoms with E-state index in [4.69, 9.17) is 0 Å². The van der Waals surface area contributed by atoms with Crippen molar-refractivity contribution in [3.8, 4) is 0 Å². The Morgan fingerprint density at radius 3 is 2.35 bits per heavy atom. The zero-order chi connectivity index (χ0) is 12.6. The smallest absolute Gasteiger partial charge is 0.229 e. The summed E-state index contributed by atoms with van der Waals surface area (Å²) in [5.41, 5.74) is -0.0369. The zero-order valence-corrected chi connectivity index (χ0v) is 11.1. The summed E-state index contributed by atoms with van der Waals surface area (Å²) < 4.78 is 0. The highest BCUT2D eigenvalue weighted by Gasteiger charge is 2.47. The quantitative estimate of drug-likeness (QED) is 0.712. The van der Waals surface area contributed by atoms with E-state index in [-0.39, 0.29) is 23.1 Å². The van der Waals surface area contributed by atoms with Crippen LogP contribution >= 0.6 is 0 Å². The van der Waals surface area contributed by atoms with Gasteiger partial charge in [-0.15, -0.1) is 0 Å². The molecule has 1 spiro atoms. The largest absolute Gasteiger partial charge is 0.296 e. The van der Waals surface area contributed by atoms with Gasteiger partial charge in [-0.05, 0) is 42.9 Å². The van der Waals surface area contributed by atoms with Gasteiger partial charge in [-0.1, -0.05) is 20.8 Å². The molecule has 0 aromatic heterocycles. The summed E-state index contributed by atoms with van der Waals surface area (Å²) in [5.74, 6) is 1.34. The maximum absolute atomic E-state index is 11.8. The fraction of sp³-hybridized carbons (Fsp3) is 0.857. The topological polar surface area (TPSA) is 46.2 Å². The lowest BCUT2D eigenvalue weighted by molar-refractivity contribution is -0.145. The molecule has 1 aliphatic carbocycles. The van der Waals surface area contributed by atoms with Crippen molar-refractivity contribution in [2.45, 2.75) is 52.9 Å². The molecule has 1 N–H and O–H groups in total. The summed E-state index contributed by atoms with van der Waals surface area (Å²) in [6.45, 7) is 6.52. The van der Waals surface area contributed by atoms with E-state index in [0.717, 1.165) is 24.7 Å². The minimum Gasteiger partial charge on any atom is -0.296 e. The van der Waals surface area contributed by atoms with Gasteiger partial charge in [0.1, 0.15) is 0 Å². The van der Waals surface area contributed by atoms with Crippen molar-refractivity contribution in [3.63, 3.8) is 0 Å². The van der Waals surface area contributed by atoms with E-state index >= 15 is 0 Å². The molecular weight excluding hydrogens is 214 g/mol. The number of carbonyl (C=O) groups is 2. The highest BCUT2D eigenvalue weighted by molar-refractivity contribution is 5.99. The van der Waals surface area contributed by atoms with E-state index in [1.165, 1.54) is 12.8 Å². The van der Waals surface area contributed by atoms with Gasteiger partial charge in [0.25, 0.3) is 0 Å². The molecule has 1 heterocycles. The maximum Gasteiger partial charge on any atom is 0.229 e. The SMILES string of the molecule is CC(C)C1CCC2(CC1)CC(=O)NC(=O)C2C. The van der Waals surface area contributed by atoms with E-state index in [1.54, 1.807) is 0 Å². The lowest BCUT2D eigenvalue weighted by atomic mass is 9.59. The van der Waals surface area contributed by atoms with Gasteiger partial charge in [-0.25, -0.2) is 0 Å². The number of rotatable bonds is 1. The molecule has 1 atom stereocenters. The molecule has 1 aliphatic heterocycles. The predicted octanol–water partition coefficient (Wildman–Crippen LogP) is 2.50. The Hall–Kier alpha value is -0.860. The highest BCUT2D eigenvalue weighted by Crippen LogP contribution is 2.49. The summed E-state index contributed by atoms with van der Waals surface area (Å²) in [5, 5.41) is 2.46. The lowest BCUT2D eigenvalue weighted by Gasteiger charge is -2.46. The number of hydrogen-bond acceptors (Lipinski definition) is 2. The number of amides is 2. The molecule has 3 nitrogen and oxygen atoms in total. The van der Waals surface area contributed by atoms with Crippen molar-refractivity contribution in [1.29, 1.82) is 0 Å². The summed E-state index contributed by atoms with van der Waals surface area (Å²) in [6, 6.07) is 0. The normalized spacial score (nSPS) is 38.6. The van der Waals surface area contributed by atoms with Crippen LogP contribution in [0.25, 0.3) is 0 Å². The molecule has 2 aliphatic rings. The summed E-state index contributed by atoms with van der Waals surface area (Å²) in [7, 11) is 0. The van der Waals surface area contributed by atoms with Gasteiger partial charge in [-0.2, -0.15) is 0 Å². The van der Waals surface area contributed by atoms with E-state index in [2.05, 4.69) is 19.2 Å². The Morgan fingerprint density at radius 1 is 1.24 bits per heavy atom. The first kappa shape index (κ1) is 12.6. The van der Waals surface area contributed by atoms with Gasteiger partial charge in [0.2, 0.25) is 11.8 Å². The van der Waals surface area contributed by atoms with Crippen LogP contribution < -0.4 is 5.32 Å². The van der Waals surface area contributed by atoms with Crippen LogP contribution in [0.3, 0.4) is 0 Å². The summed E-state index contributed by atoms with van der Waals surface area (Å²) >= 11 is 0. The van der Waals surface area contributed by atoms with Crippen molar-refractivity contribution < 1.29 is 9.59 Å². The molecule has 1 saturated heterocycles. The van der Waals surface area contributed by atoms with Gasteiger partial charge < -0.3 is 0 Å². The van der Waals surface area contributed by atoms with E-state index in [1.807, 2.05) is 6.92 Å². The second-order valence-corrected chi connectivity index (χ2v) is 6.25. The molecule has 0 aromatic carbocycles. The number of hydrogen-bond donors (Lipinski definition) is 1. The molecule has 0 aromatic rings. The van der Waals surface area contributed by atoms with Crippen LogP contribution in [0.15, 0.2) is 0 Å². The first-order valence-electron chi connectivity index (χ1n) is 6.78. The van der Waals surface area contributed by atoms with E-state index in [0.29, 0.717) is 6.42 Å². The molecular formula is C14H23NO2. The maximum atomic E-state index is 11.8. The molecule has 2 rings (SSSR count). The van der Waals surface area contributed by atoms with Gasteiger partial charge in [-0.3, -0.25) is 14.9 Å². The number of carbonyl (C=O) groups excluding carboxylic acids is 2. The number of imide groups is 1. The first-order chi connectivity index (χ1) is 7.94. The van der Waals surface area contributed by atoms with Crippen LogP contribution in [0.2, 0.25) is 0 Å². The number of nitrogens with one attached hydrogen (secondary N) is 1. The lowest BCUT2D eigenvalue weighted by Crippen LogP contribution is -2.52. The van der Waals surface area contributed by atoms with Gasteiger partial charge in [0.15, 0.2) is 0 Å². The van der Waals surface area contributed by atoms with E-state index < -0.39 is 0 Å². The van der Waals surface area contributed by atoms with Gasteiger partial charge in [0.05, 0.1) is 0 Å². The molecule has 96 valence electrons. The van der Waals surface area contributed by atoms with Crippen molar-refractivity contribution in [1.82, 2.24) is 5.32 Å². The standard InChI is InChI=1S/C14H23NO2/c1-9(2)11-4-6-14(7-5-11)8-12(16)15-13(17)10(14)3/h9-11H,4-8H2,1-3H3,(H,15,16,17). The predicted molar refractivity (Wildman–Crippen MR) is 66.2 cm³/mol. The van der Waals surface area contributed by atoms with Crippen molar-refractivity contribution >= 4 is 11.8 Å². The van der Waals surface area contributed by atoms with Crippen molar-refractivity contribution in [2.75, 3.05) is 0 Å².